The molecule has 2 aromatic rings. The summed E-state index contributed by atoms with van der Waals surface area (Å²) in [6.07, 6.45) is 1.43. The number of hydrogen-bond donors (Lipinski definition) is 2. The minimum atomic E-state index is -0.824. The van der Waals surface area contributed by atoms with E-state index in [4.69, 9.17) is 5.11 Å². The number of ether oxygens (including phenoxy) is 1. The second-order valence-corrected chi connectivity index (χ2v) is 4.60. The quantitative estimate of drug-likeness (QED) is 0.802. The van der Waals surface area contributed by atoms with Crippen LogP contribution in [-0.2, 0) is 9.53 Å². The largest absolute Gasteiger partial charge is 0.467 e. The van der Waals surface area contributed by atoms with E-state index in [1.807, 2.05) is 12.3 Å². The van der Waals surface area contributed by atoms with E-state index in [-0.39, 0.29) is 6.61 Å². The Labute approximate surface area is 108 Å². The molecule has 0 spiro atoms. The first-order valence-corrected chi connectivity index (χ1v) is 6.19. The fourth-order valence-electron chi connectivity index (χ4n) is 1.56. The number of carbonyl (C=O) groups is 1. The van der Waals surface area contributed by atoms with E-state index in [1.54, 1.807) is 0 Å². The normalized spacial score (nSPS) is 12.4. The molecular weight excluding hydrogens is 254 g/mol. The second-order valence-electron chi connectivity index (χ2n) is 3.72. The number of thiophene rings is 1. The van der Waals surface area contributed by atoms with Gasteiger partial charge in [-0.1, -0.05) is 0 Å². The minimum Gasteiger partial charge on any atom is -0.467 e. The molecule has 0 bridgehead atoms. The number of nitrogens with zero attached hydrogens (tertiary/aromatic N) is 2. The molecule has 7 heteroatoms. The molecular formula is C11H13N3O3S. The third kappa shape index (κ3) is 2.27. The van der Waals surface area contributed by atoms with E-state index < -0.39 is 12.0 Å². The highest BCUT2D eigenvalue weighted by Gasteiger charge is 2.20. The fraction of sp³-hybridized carbons (Fsp3) is 0.364. The zero-order chi connectivity index (χ0) is 13.1. The lowest BCUT2D eigenvalue weighted by atomic mass is 10.3. The lowest BCUT2D eigenvalue weighted by molar-refractivity contribution is -0.142. The Hall–Kier alpha value is -1.73. The lowest BCUT2D eigenvalue weighted by Gasteiger charge is -2.14. The number of nitrogens with one attached hydrogen (secondary N) is 1. The van der Waals surface area contributed by atoms with Gasteiger partial charge in [-0.25, -0.2) is 14.8 Å². The van der Waals surface area contributed by atoms with Crippen molar-refractivity contribution < 1.29 is 14.6 Å². The van der Waals surface area contributed by atoms with Gasteiger partial charge in [-0.3, -0.25) is 0 Å². The van der Waals surface area contributed by atoms with Crippen molar-refractivity contribution in [3.63, 3.8) is 0 Å². The first-order valence-electron chi connectivity index (χ1n) is 5.31. The number of aromatic nitrogens is 2. The van der Waals surface area contributed by atoms with E-state index in [9.17, 15) is 4.79 Å². The molecule has 2 heterocycles. The van der Waals surface area contributed by atoms with Crippen molar-refractivity contribution in [1.29, 1.82) is 0 Å². The summed E-state index contributed by atoms with van der Waals surface area (Å²) < 4.78 is 5.45. The second kappa shape index (κ2) is 5.28. The average Bonchev–Trinajstić information content (AvgIpc) is 2.78. The van der Waals surface area contributed by atoms with Gasteiger partial charge < -0.3 is 15.2 Å². The Morgan fingerprint density at radius 1 is 1.61 bits per heavy atom. The highest BCUT2D eigenvalue weighted by molar-refractivity contribution is 7.18. The lowest BCUT2D eigenvalue weighted by Crippen LogP contribution is -2.34. The summed E-state index contributed by atoms with van der Waals surface area (Å²) >= 11 is 1.49. The summed E-state index contributed by atoms with van der Waals surface area (Å²) in [5.74, 6) is 0.0000836. The SMILES string of the molecule is COC(=O)C(CO)Nc1ncnc2c(C)csc12. The number of aliphatic hydroxyl groups is 1. The van der Waals surface area contributed by atoms with Gasteiger partial charge in [-0.05, 0) is 17.9 Å². The number of aliphatic hydroxyl groups excluding tert-OH is 1. The van der Waals surface area contributed by atoms with E-state index >= 15 is 0 Å². The summed E-state index contributed by atoms with van der Waals surface area (Å²) in [5, 5.41) is 14.0. The number of fused-ring (bicyclic) bond motifs is 1. The van der Waals surface area contributed by atoms with Crippen molar-refractivity contribution in [3.8, 4) is 0 Å². The van der Waals surface area contributed by atoms with Crippen LogP contribution in [0, 0.1) is 6.92 Å². The van der Waals surface area contributed by atoms with Gasteiger partial charge in [0.2, 0.25) is 0 Å². The monoisotopic (exact) mass is 267 g/mol. The zero-order valence-corrected chi connectivity index (χ0v) is 10.8. The van der Waals surface area contributed by atoms with E-state index in [1.165, 1.54) is 24.8 Å². The average molecular weight is 267 g/mol. The Morgan fingerprint density at radius 3 is 3.06 bits per heavy atom. The van der Waals surface area contributed by atoms with Gasteiger partial charge in [-0.15, -0.1) is 11.3 Å². The predicted molar refractivity (Wildman–Crippen MR) is 68.7 cm³/mol. The summed E-state index contributed by atoms with van der Waals surface area (Å²) in [5.41, 5.74) is 1.90. The molecule has 18 heavy (non-hydrogen) atoms. The van der Waals surface area contributed by atoms with Crippen molar-refractivity contribution in [1.82, 2.24) is 9.97 Å². The van der Waals surface area contributed by atoms with Crippen molar-refractivity contribution in [2.45, 2.75) is 13.0 Å². The number of aryl methyl sites for hydroxylation is 1. The summed E-state index contributed by atoms with van der Waals surface area (Å²) in [6, 6.07) is -0.824. The van der Waals surface area contributed by atoms with Gasteiger partial charge in [0.1, 0.15) is 18.2 Å². The Morgan fingerprint density at radius 2 is 2.39 bits per heavy atom. The number of esters is 1. The van der Waals surface area contributed by atoms with Gasteiger partial charge in [0, 0.05) is 0 Å². The summed E-state index contributed by atoms with van der Waals surface area (Å²) in [4.78, 5) is 19.7. The van der Waals surface area contributed by atoms with Gasteiger partial charge >= 0.3 is 5.97 Å². The first kappa shape index (κ1) is 12.7. The maximum Gasteiger partial charge on any atom is 0.330 e. The molecule has 2 rings (SSSR count). The molecule has 2 aromatic heterocycles. The van der Waals surface area contributed by atoms with Crippen LogP contribution in [0.15, 0.2) is 11.7 Å². The molecule has 0 saturated heterocycles. The standard InChI is InChI=1S/C11H13N3O3S/c1-6-4-18-9-8(6)12-5-13-10(9)14-7(3-15)11(16)17-2/h4-5,7,15H,3H2,1-2H3,(H,12,13,14). The van der Waals surface area contributed by atoms with Crippen molar-refractivity contribution in [2.75, 3.05) is 19.0 Å². The van der Waals surface area contributed by atoms with Crippen molar-refractivity contribution >= 4 is 33.3 Å². The Bertz CT molecular complexity index is 570. The van der Waals surface area contributed by atoms with E-state index in [0.717, 1.165) is 15.8 Å². The number of carbonyl (C=O) groups excluding carboxylic acids is 1. The third-order valence-corrected chi connectivity index (χ3v) is 3.60. The van der Waals surface area contributed by atoms with Gasteiger partial charge in [0.15, 0.2) is 0 Å². The fourth-order valence-corrected chi connectivity index (χ4v) is 2.51. The molecule has 0 saturated carbocycles. The van der Waals surface area contributed by atoms with Gasteiger partial charge in [0.25, 0.3) is 0 Å². The van der Waals surface area contributed by atoms with E-state index in [2.05, 4.69) is 20.0 Å². The minimum absolute atomic E-state index is 0.359. The molecule has 1 atom stereocenters. The molecule has 0 aromatic carbocycles. The zero-order valence-electron chi connectivity index (χ0n) is 10.0. The van der Waals surface area contributed by atoms with Crippen LogP contribution in [0.2, 0.25) is 0 Å². The van der Waals surface area contributed by atoms with Crippen LogP contribution in [-0.4, -0.2) is 40.8 Å². The molecule has 2 N–H and O–H groups in total. The Balaban J connectivity index is 2.33. The molecule has 0 radical (unpaired) electrons. The Kier molecular flexibility index (Phi) is 3.73. The number of rotatable bonds is 4. The molecule has 0 fully saturated rings. The topological polar surface area (TPSA) is 84.3 Å². The van der Waals surface area contributed by atoms with Crippen molar-refractivity contribution in [2.24, 2.45) is 0 Å². The van der Waals surface area contributed by atoms with E-state index in [0.29, 0.717) is 5.82 Å². The van der Waals surface area contributed by atoms with Crippen LogP contribution < -0.4 is 5.32 Å². The van der Waals surface area contributed by atoms with Crippen LogP contribution in [0.3, 0.4) is 0 Å². The maximum atomic E-state index is 11.4. The molecule has 0 aliphatic heterocycles. The summed E-state index contributed by atoms with van der Waals surface area (Å²) in [7, 11) is 1.28. The van der Waals surface area contributed by atoms with Crippen molar-refractivity contribution in [3.05, 3.63) is 17.3 Å². The number of anilines is 1. The number of hydrogen-bond acceptors (Lipinski definition) is 7. The van der Waals surface area contributed by atoms with Crippen LogP contribution in [0.5, 0.6) is 0 Å². The van der Waals surface area contributed by atoms with Crippen LogP contribution in [0.4, 0.5) is 5.82 Å². The molecule has 96 valence electrons. The third-order valence-electron chi connectivity index (χ3n) is 2.51. The molecule has 0 amide bonds. The molecule has 0 aliphatic rings. The molecule has 6 nitrogen and oxygen atoms in total. The maximum absolute atomic E-state index is 11.4. The summed E-state index contributed by atoms with van der Waals surface area (Å²) in [6.45, 7) is 1.60. The highest BCUT2D eigenvalue weighted by atomic mass is 32.1. The molecule has 1 unspecified atom stereocenters. The number of methoxy groups -OCH3 is 1. The van der Waals surface area contributed by atoms with Crippen LogP contribution in [0.25, 0.3) is 10.2 Å². The first-order chi connectivity index (χ1) is 8.67. The smallest absolute Gasteiger partial charge is 0.330 e. The highest BCUT2D eigenvalue weighted by Crippen LogP contribution is 2.28. The predicted octanol–water partition coefficient (Wildman–Crippen LogP) is 0.946. The van der Waals surface area contributed by atoms with Gasteiger partial charge in [0.05, 0.1) is 23.9 Å². The molecule has 0 aliphatic carbocycles. The van der Waals surface area contributed by atoms with Crippen LogP contribution >= 0.6 is 11.3 Å². The van der Waals surface area contributed by atoms with Crippen LogP contribution in [0.1, 0.15) is 5.56 Å². The van der Waals surface area contributed by atoms with Gasteiger partial charge in [-0.2, -0.15) is 0 Å².